The van der Waals surface area contributed by atoms with Gasteiger partial charge in [0.2, 0.25) is 6.08 Å². The van der Waals surface area contributed by atoms with E-state index < -0.39 is 0 Å². The molecule has 0 aliphatic carbocycles. The third kappa shape index (κ3) is 3.18. The van der Waals surface area contributed by atoms with Crippen LogP contribution in [-0.2, 0) is 11.4 Å². The van der Waals surface area contributed by atoms with Gasteiger partial charge in [-0.1, -0.05) is 29.8 Å². The predicted octanol–water partition coefficient (Wildman–Crippen LogP) is 3.90. The average molecular weight is 290 g/mol. The number of hydrogen-bond donors (Lipinski definition) is 1. The van der Waals surface area contributed by atoms with Crippen LogP contribution in [0, 0.1) is 6.92 Å². The Morgan fingerprint density at radius 3 is 2.85 bits per heavy atom. The lowest BCUT2D eigenvalue weighted by molar-refractivity contribution is 0.304. The summed E-state index contributed by atoms with van der Waals surface area (Å²) in [4.78, 5) is 14.0. The molecule has 0 spiro atoms. The number of carbonyl (C=O) groups excluding carboxylic acids is 1. The summed E-state index contributed by atoms with van der Waals surface area (Å²) in [6, 6.07) is 10.2. The lowest BCUT2D eigenvalue weighted by Gasteiger charge is -2.11. The Kier molecular flexibility index (Phi) is 4.41. The molecule has 0 fully saturated rings. The van der Waals surface area contributed by atoms with Crippen molar-refractivity contribution in [1.82, 2.24) is 0 Å². The fraction of sp³-hybridized carbons (Fsp3) is 0.133. The summed E-state index contributed by atoms with van der Waals surface area (Å²) in [5.74, 6) is 0.583. The Labute approximate surface area is 121 Å². The van der Waals surface area contributed by atoms with Crippen molar-refractivity contribution in [2.24, 2.45) is 4.99 Å². The molecule has 5 heteroatoms. The largest absolute Gasteiger partial charge is 0.506 e. The molecule has 0 saturated heterocycles. The van der Waals surface area contributed by atoms with Crippen molar-refractivity contribution in [3.8, 4) is 11.5 Å². The van der Waals surface area contributed by atoms with E-state index in [0.29, 0.717) is 11.4 Å². The molecule has 0 aliphatic heterocycles. The number of benzene rings is 2. The molecule has 0 atom stereocenters. The van der Waals surface area contributed by atoms with Crippen molar-refractivity contribution in [3.05, 3.63) is 52.5 Å². The third-order valence-electron chi connectivity index (χ3n) is 2.79. The van der Waals surface area contributed by atoms with Crippen molar-refractivity contribution in [1.29, 1.82) is 0 Å². The van der Waals surface area contributed by atoms with Crippen LogP contribution in [-0.4, -0.2) is 11.2 Å². The Balaban J connectivity index is 2.21. The van der Waals surface area contributed by atoms with Gasteiger partial charge in [0.1, 0.15) is 18.1 Å². The van der Waals surface area contributed by atoms with E-state index in [1.165, 1.54) is 12.1 Å². The number of hydrogen-bond acceptors (Lipinski definition) is 4. The van der Waals surface area contributed by atoms with Crippen LogP contribution in [0.2, 0.25) is 5.02 Å². The van der Waals surface area contributed by atoms with Crippen molar-refractivity contribution in [2.75, 3.05) is 0 Å². The van der Waals surface area contributed by atoms with Gasteiger partial charge in [0.05, 0.1) is 10.7 Å². The molecule has 0 unspecified atom stereocenters. The van der Waals surface area contributed by atoms with E-state index in [-0.39, 0.29) is 17.4 Å². The molecule has 2 aromatic rings. The van der Waals surface area contributed by atoms with E-state index in [9.17, 15) is 9.90 Å². The number of isocyanates is 1. The first kappa shape index (κ1) is 14.1. The fourth-order valence-corrected chi connectivity index (χ4v) is 1.90. The van der Waals surface area contributed by atoms with Gasteiger partial charge in [-0.05, 0) is 24.6 Å². The van der Waals surface area contributed by atoms with Crippen molar-refractivity contribution < 1.29 is 14.6 Å². The highest BCUT2D eigenvalue weighted by Crippen LogP contribution is 2.32. The molecule has 2 aromatic carbocycles. The minimum atomic E-state index is 0.0162. The van der Waals surface area contributed by atoms with E-state index in [1.807, 2.05) is 12.1 Å². The maximum absolute atomic E-state index is 10.4. The second-order valence-electron chi connectivity index (χ2n) is 4.19. The summed E-state index contributed by atoms with van der Waals surface area (Å²) < 4.78 is 5.66. The quantitative estimate of drug-likeness (QED) is 0.686. The normalized spacial score (nSPS) is 9.90. The van der Waals surface area contributed by atoms with Gasteiger partial charge in [-0.3, -0.25) is 0 Å². The molecule has 0 saturated carbocycles. The van der Waals surface area contributed by atoms with Crippen molar-refractivity contribution in [2.45, 2.75) is 13.5 Å². The van der Waals surface area contributed by atoms with Crippen LogP contribution in [0.15, 0.2) is 41.4 Å². The second kappa shape index (κ2) is 6.24. The molecule has 0 aromatic heterocycles. The number of aliphatic imine (C=N–C) groups is 1. The number of para-hydroxylation sites is 1. The number of phenolic OH excluding ortho intramolecular Hbond substituents is 1. The van der Waals surface area contributed by atoms with E-state index in [2.05, 4.69) is 4.99 Å². The van der Waals surface area contributed by atoms with Crippen LogP contribution >= 0.6 is 11.6 Å². The summed E-state index contributed by atoms with van der Waals surface area (Å²) in [5.41, 5.74) is 2.05. The van der Waals surface area contributed by atoms with E-state index in [4.69, 9.17) is 16.3 Å². The smallest absolute Gasteiger partial charge is 0.240 e. The van der Waals surface area contributed by atoms with Crippen molar-refractivity contribution in [3.63, 3.8) is 0 Å². The average Bonchev–Trinajstić information content (AvgIpc) is 2.43. The topological polar surface area (TPSA) is 58.9 Å². The number of phenols is 1. The van der Waals surface area contributed by atoms with Crippen LogP contribution in [0.4, 0.5) is 5.69 Å². The first-order valence-electron chi connectivity index (χ1n) is 5.89. The summed E-state index contributed by atoms with van der Waals surface area (Å²) in [7, 11) is 0. The molecule has 0 aliphatic rings. The Hall–Kier alpha value is -2.29. The zero-order chi connectivity index (χ0) is 14.5. The summed E-state index contributed by atoms with van der Waals surface area (Å²) in [6.07, 6.45) is 1.52. The van der Waals surface area contributed by atoms with Crippen LogP contribution in [0.5, 0.6) is 11.5 Å². The maximum Gasteiger partial charge on any atom is 0.240 e. The first-order valence-corrected chi connectivity index (χ1v) is 6.27. The van der Waals surface area contributed by atoms with Crippen LogP contribution < -0.4 is 4.74 Å². The highest BCUT2D eigenvalue weighted by atomic mass is 35.5. The zero-order valence-electron chi connectivity index (χ0n) is 10.8. The number of aryl methyl sites for hydroxylation is 1. The second-order valence-corrected chi connectivity index (χ2v) is 4.60. The van der Waals surface area contributed by atoms with Gasteiger partial charge < -0.3 is 9.84 Å². The van der Waals surface area contributed by atoms with Crippen LogP contribution in [0.1, 0.15) is 11.1 Å². The minimum Gasteiger partial charge on any atom is -0.506 e. The number of ether oxygens (including phenoxy) is 1. The highest BCUT2D eigenvalue weighted by molar-refractivity contribution is 6.32. The molecule has 0 amide bonds. The Morgan fingerprint density at radius 2 is 2.10 bits per heavy atom. The highest BCUT2D eigenvalue weighted by Gasteiger charge is 2.07. The summed E-state index contributed by atoms with van der Waals surface area (Å²) in [6.45, 7) is 2.05. The van der Waals surface area contributed by atoms with Crippen molar-refractivity contribution >= 4 is 23.4 Å². The lowest BCUT2D eigenvalue weighted by Crippen LogP contribution is -1.97. The van der Waals surface area contributed by atoms with Crippen LogP contribution in [0.3, 0.4) is 0 Å². The summed E-state index contributed by atoms with van der Waals surface area (Å²) >= 11 is 5.85. The van der Waals surface area contributed by atoms with Gasteiger partial charge >= 0.3 is 0 Å². The number of nitrogens with zero attached hydrogens (tertiary/aromatic N) is 1. The van der Waals surface area contributed by atoms with E-state index in [0.717, 1.165) is 11.1 Å². The van der Waals surface area contributed by atoms with E-state index >= 15 is 0 Å². The number of aromatic hydroxyl groups is 1. The third-order valence-corrected chi connectivity index (χ3v) is 3.09. The van der Waals surface area contributed by atoms with Gasteiger partial charge in [-0.2, -0.15) is 4.99 Å². The van der Waals surface area contributed by atoms with Gasteiger partial charge in [0.15, 0.2) is 0 Å². The SMILES string of the molecule is Cc1cc(O)c(Cl)cc1OCc1ccccc1N=C=O. The van der Waals surface area contributed by atoms with Crippen LogP contribution in [0.25, 0.3) is 0 Å². The number of rotatable bonds is 4. The Bertz CT molecular complexity index is 679. The standard InChI is InChI=1S/C15H12ClNO3/c1-10-6-14(19)12(16)7-15(10)20-8-11-4-2-3-5-13(11)17-9-18/h2-7,19H,8H2,1H3. The molecular formula is C15H12ClNO3. The molecule has 2 rings (SSSR count). The maximum atomic E-state index is 10.4. The minimum absolute atomic E-state index is 0.0162. The molecular weight excluding hydrogens is 278 g/mol. The van der Waals surface area contributed by atoms with E-state index in [1.54, 1.807) is 25.1 Å². The van der Waals surface area contributed by atoms with Gasteiger partial charge in [-0.15, -0.1) is 0 Å². The van der Waals surface area contributed by atoms with Gasteiger partial charge in [0, 0.05) is 11.6 Å². The van der Waals surface area contributed by atoms with Gasteiger partial charge in [-0.25, -0.2) is 4.79 Å². The fourth-order valence-electron chi connectivity index (χ4n) is 1.75. The monoisotopic (exact) mass is 289 g/mol. The summed E-state index contributed by atoms with van der Waals surface area (Å²) in [5, 5.41) is 9.71. The molecule has 0 radical (unpaired) electrons. The predicted molar refractivity (Wildman–Crippen MR) is 76.4 cm³/mol. The zero-order valence-corrected chi connectivity index (χ0v) is 11.5. The number of halogens is 1. The molecule has 0 heterocycles. The molecule has 1 N–H and O–H groups in total. The van der Waals surface area contributed by atoms with Gasteiger partial charge in [0.25, 0.3) is 0 Å². The molecule has 102 valence electrons. The first-order chi connectivity index (χ1) is 9.61. The lowest BCUT2D eigenvalue weighted by atomic mass is 10.2. The molecule has 4 nitrogen and oxygen atoms in total. The molecule has 20 heavy (non-hydrogen) atoms. The molecule has 0 bridgehead atoms. The Morgan fingerprint density at radius 1 is 1.35 bits per heavy atom.